The van der Waals surface area contributed by atoms with Crippen molar-refractivity contribution in [3.63, 3.8) is 0 Å². The van der Waals surface area contributed by atoms with Crippen LogP contribution in [-0.4, -0.2) is 137 Å². The summed E-state index contributed by atoms with van der Waals surface area (Å²) >= 11 is 0. The minimum atomic E-state index is 0. The number of rotatable bonds is 0. The van der Waals surface area contributed by atoms with Gasteiger partial charge in [-0.25, -0.2) is 0 Å². The molecule has 0 spiro atoms. The van der Waals surface area contributed by atoms with Crippen molar-refractivity contribution in [2.75, 3.05) is 0 Å². The molecule has 9 heteroatoms. The summed E-state index contributed by atoms with van der Waals surface area (Å²) in [5.74, 6) is 0. The Labute approximate surface area is 171 Å². The fourth-order valence-corrected chi connectivity index (χ4v) is 0. The van der Waals surface area contributed by atoms with E-state index in [1.165, 1.54) is 0 Å². The van der Waals surface area contributed by atoms with Gasteiger partial charge in [-0.15, -0.1) is 0 Å². The van der Waals surface area contributed by atoms with Crippen LogP contribution < -0.4 is 0 Å². The topological polar surface area (TPSA) is 114 Å². The maximum Gasteiger partial charge on any atom is 2.00 e. The van der Waals surface area contributed by atoms with Crippen molar-refractivity contribution in [2.45, 2.75) is 0 Å². The van der Waals surface area contributed by atoms with E-state index in [0.29, 0.717) is 0 Å². The zero-order chi connectivity index (χ0) is 0. The van der Waals surface area contributed by atoms with E-state index < -0.39 is 0 Å². The van der Waals surface area contributed by atoms with E-state index in [0.717, 1.165) is 0 Å². The van der Waals surface area contributed by atoms with Gasteiger partial charge in [0.15, 0.2) is 0 Å². The zero-order valence-corrected chi connectivity index (χ0v) is 18.3. The molecule has 0 rings (SSSR count). The number of hydrogen-bond donors (Lipinski definition) is 0. The predicted octanol–water partition coefficient (Wildman–Crippen LogP) is -2.00. The number of hydrogen-bond acceptors (Lipinski definition) is 0. The van der Waals surface area contributed by atoms with Gasteiger partial charge in [-0.1, -0.05) is 0 Å². The molecule has 0 N–H and O–H groups in total. The van der Waals surface area contributed by atoms with Gasteiger partial charge in [0.25, 0.3) is 0 Å². The molecule has 4 nitrogen and oxygen atoms in total. The van der Waals surface area contributed by atoms with Crippen LogP contribution in [0, 0.1) is 0 Å². The van der Waals surface area contributed by atoms with Gasteiger partial charge in [0.1, 0.15) is 0 Å². The van der Waals surface area contributed by atoms with Crippen molar-refractivity contribution in [1.82, 2.24) is 0 Å². The van der Waals surface area contributed by atoms with Gasteiger partial charge in [-0.3, -0.25) is 0 Å². The molecule has 0 unspecified atom stereocenters. The third-order valence-corrected chi connectivity index (χ3v) is 0. The van der Waals surface area contributed by atoms with E-state index >= 15 is 0 Å². The van der Waals surface area contributed by atoms with Gasteiger partial charge in [-0.05, 0) is 0 Å². The summed E-state index contributed by atoms with van der Waals surface area (Å²) in [5.41, 5.74) is 0. The normalized spacial score (nSPS) is 0. The van der Waals surface area contributed by atoms with Gasteiger partial charge in [0, 0.05) is 26.2 Å². The molecule has 0 aromatic heterocycles. The first-order valence-electron chi connectivity index (χ1n) is 0. The molecule has 0 aromatic carbocycles. The molecule has 0 saturated carbocycles. The van der Waals surface area contributed by atoms with Crippen molar-refractivity contribution in [3.8, 4) is 0 Å². The molecule has 0 aromatic rings. The second-order valence-corrected chi connectivity index (χ2v) is 0. The Bertz CT molecular complexity index is 20.5. The molecule has 0 aliphatic rings. The fourth-order valence-electron chi connectivity index (χ4n) is 0. The molecule has 0 aliphatic carbocycles. The summed E-state index contributed by atoms with van der Waals surface area (Å²) in [6, 6.07) is 0. The van der Waals surface area contributed by atoms with E-state index in [-0.39, 0.29) is 176 Å². The Kier molecular flexibility index (Phi) is 813. The van der Waals surface area contributed by atoms with Gasteiger partial charge >= 0.3 is 128 Å². The molecule has 0 fully saturated rings. The van der Waals surface area contributed by atoms with Crippen molar-refractivity contribution < 1.29 is 39.0 Å². The summed E-state index contributed by atoms with van der Waals surface area (Å²) in [7, 11) is 0. The third-order valence-electron chi connectivity index (χ3n) is 0. The van der Waals surface area contributed by atoms with Gasteiger partial charge < -0.3 is 21.9 Å². The van der Waals surface area contributed by atoms with E-state index in [4.69, 9.17) is 0 Å². The van der Waals surface area contributed by atoms with Crippen LogP contribution in [0.2, 0.25) is 0 Å². The molecule has 0 atom stereocenters. The maximum atomic E-state index is 0. The van der Waals surface area contributed by atoms with E-state index in [9.17, 15) is 0 Å². The Balaban J connectivity index is 0. The van der Waals surface area contributed by atoms with E-state index in [1.807, 2.05) is 0 Å². The van der Waals surface area contributed by atoms with Crippen LogP contribution in [0.1, 0.15) is 0 Å². The smallest absolute Gasteiger partial charge is 2.00 e. The van der Waals surface area contributed by atoms with Crippen molar-refractivity contribution in [3.05, 3.63) is 0 Å². The van der Waals surface area contributed by atoms with Crippen LogP contribution in [0.4, 0.5) is 0 Å². The molecular weight excluding hydrogens is 671 g/mol. The van der Waals surface area contributed by atoms with Crippen molar-refractivity contribution in [1.29, 1.82) is 0 Å². The van der Waals surface area contributed by atoms with Crippen LogP contribution in [-0.2, 0) is 39.0 Å². The summed E-state index contributed by atoms with van der Waals surface area (Å²) < 4.78 is 0. The van der Waals surface area contributed by atoms with Gasteiger partial charge in [0.2, 0.25) is 0 Å². The second kappa shape index (κ2) is 76.0. The molecule has 9 heavy (non-hydrogen) atoms. The Hall–Kier alpha value is 4.90. The van der Waals surface area contributed by atoms with Gasteiger partial charge in [-0.2, -0.15) is 0 Å². The van der Waals surface area contributed by atoms with Crippen LogP contribution in [0.5, 0.6) is 0 Å². The molecular formula is BiCaCuO4PbSr. The van der Waals surface area contributed by atoms with Crippen LogP contribution in [0.3, 0.4) is 0 Å². The molecule has 0 bridgehead atoms. The summed E-state index contributed by atoms with van der Waals surface area (Å²) in [5, 5.41) is 0. The van der Waals surface area contributed by atoms with Gasteiger partial charge in [0.05, 0.1) is 0 Å². The van der Waals surface area contributed by atoms with Crippen LogP contribution in [0.25, 0.3) is 0 Å². The monoisotopic (exact) mass is 672 g/mol. The first kappa shape index (κ1) is 96.3. The van der Waals surface area contributed by atoms with E-state index in [2.05, 4.69) is 0 Å². The first-order chi connectivity index (χ1) is 0. The predicted molar refractivity (Wildman–Crippen MR) is 25.8 cm³/mol. The van der Waals surface area contributed by atoms with Crippen molar-refractivity contribution in [2.24, 2.45) is 0 Å². The van der Waals surface area contributed by atoms with Crippen LogP contribution in [0.15, 0.2) is 0 Å². The molecule has 0 aliphatic heterocycles. The molecule has 0 amide bonds. The Morgan fingerprint density at radius 2 is 0.667 bits per heavy atom. The summed E-state index contributed by atoms with van der Waals surface area (Å²) in [4.78, 5) is 0. The molecule has 48 valence electrons. The molecule has 0 saturated heterocycles. The zero-order valence-electron chi connectivity index (χ0n) is 4.30. The standard InChI is InChI=1S/Bi.Ca.Cu.4O.Pb.Sr/q;2*+2;4*-2;2*+2. The Morgan fingerprint density at radius 3 is 0.667 bits per heavy atom. The largest absolute Gasteiger partial charge is 2.00 e. The SMILES string of the molecule is [Bi].[Ca+2].[Cu+2].[O-2].[O-2].[O-2].[O-2].[Pb+2].[Sr+2]. The maximum absolute atomic E-state index is 0. The molecule has 0 heterocycles. The summed E-state index contributed by atoms with van der Waals surface area (Å²) in [6.45, 7) is 0. The quantitative estimate of drug-likeness (QED) is 0.266. The third kappa shape index (κ3) is 63.8. The minimum absolute atomic E-state index is 0. The fraction of sp³-hybridized carbons (Fsp3) is 0. The van der Waals surface area contributed by atoms with Crippen LogP contribution >= 0.6 is 0 Å². The average Bonchev–Trinajstić information content (AvgIpc) is 0. The van der Waals surface area contributed by atoms with Crippen molar-refractivity contribution >= 4 is 137 Å². The first-order valence-corrected chi connectivity index (χ1v) is 0. The Morgan fingerprint density at radius 1 is 0.667 bits per heavy atom. The molecule has 6 radical (unpaired) electrons. The second-order valence-electron chi connectivity index (χ2n) is 0. The summed E-state index contributed by atoms with van der Waals surface area (Å²) in [6.07, 6.45) is 0. The minimum Gasteiger partial charge on any atom is -2.00 e. The van der Waals surface area contributed by atoms with E-state index in [1.54, 1.807) is 0 Å². The average molecular weight is 671 g/mol.